The zero-order valence-electron chi connectivity index (χ0n) is 16.9. The van der Waals surface area contributed by atoms with Crippen molar-refractivity contribution in [2.24, 2.45) is 0 Å². The van der Waals surface area contributed by atoms with Crippen molar-refractivity contribution in [1.29, 1.82) is 0 Å². The van der Waals surface area contributed by atoms with Crippen LogP contribution in [0.2, 0.25) is 0 Å². The number of H-pyrrole nitrogens is 2. The number of aromatic hydroxyl groups is 1. The SMILES string of the molecule is COc1ccc(-c2nc(-c3cccc4[nH]ccc34)[nH]c2-c2oc(C)cc(=O)c2O)cc1. The molecule has 0 atom stereocenters. The number of nitrogens with zero attached hydrogens (tertiary/aromatic N) is 1. The quantitative estimate of drug-likeness (QED) is 0.390. The molecule has 0 unspecified atom stereocenters. The Hall–Kier alpha value is -4.26. The summed E-state index contributed by atoms with van der Waals surface area (Å²) >= 11 is 0. The molecule has 3 heterocycles. The van der Waals surface area contributed by atoms with E-state index < -0.39 is 11.2 Å². The van der Waals surface area contributed by atoms with Crippen LogP contribution in [-0.4, -0.2) is 27.2 Å². The summed E-state index contributed by atoms with van der Waals surface area (Å²) in [6.45, 7) is 1.66. The summed E-state index contributed by atoms with van der Waals surface area (Å²) in [5.41, 5.74) is 3.10. The van der Waals surface area contributed by atoms with Crippen LogP contribution in [-0.2, 0) is 0 Å². The van der Waals surface area contributed by atoms with E-state index in [1.54, 1.807) is 14.0 Å². The molecule has 7 heteroatoms. The molecule has 0 aliphatic carbocycles. The summed E-state index contributed by atoms with van der Waals surface area (Å²) in [7, 11) is 1.60. The second kappa shape index (κ2) is 7.21. The Morgan fingerprint density at radius 1 is 1.10 bits per heavy atom. The lowest BCUT2D eigenvalue weighted by molar-refractivity contribution is 0.415. The van der Waals surface area contributed by atoms with E-state index >= 15 is 0 Å². The number of imidazole rings is 1. The number of aryl methyl sites for hydroxylation is 1. The van der Waals surface area contributed by atoms with Crippen molar-refractivity contribution < 1.29 is 14.3 Å². The Labute approximate surface area is 177 Å². The van der Waals surface area contributed by atoms with Gasteiger partial charge >= 0.3 is 0 Å². The first kappa shape index (κ1) is 18.7. The Balaban J connectivity index is 1.78. The summed E-state index contributed by atoms with van der Waals surface area (Å²) in [6.07, 6.45) is 1.87. The molecule has 154 valence electrons. The van der Waals surface area contributed by atoms with Gasteiger partial charge in [0.1, 0.15) is 28.7 Å². The van der Waals surface area contributed by atoms with Gasteiger partial charge in [-0.15, -0.1) is 0 Å². The van der Waals surface area contributed by atoms with Gasteiger partial charge in [0.05, 0.1) is 7.11 Å². The molecule has 3 N–H and O–H groups in total. The van der Waals surface area contributed by atoms with Crippen LogP contribution in [0, 0.1) is 6.92 Å². The molecule has 5 rings (SSSR count). The van der Waals surface area contributed by atoms with Crippen molar-refractivity contribution in [3.05, 3.63) is 76.8 Å². The molecule has 5 aromatic rings. The predicted molar refractivity (Wildman–Crippen MR) is 118 cm³/mol. The molecule has 0 saturated carbocycles. The highest BCUT2D eigenvalue weighted by atomic mass is 16.5. The Bertz CT molecular complexity index is 1460. The number of methoxy groups -OCH3 is 1. The van der Waals surface area contributed by atoms with Crippen molar-refractivity contribution in [2.75, 3.05) is 7.11 Å². The highest BCUT2D eigenvalue weighted by Gasteiger charge is 2.22. The van der Waals surface area contributed by atoms with Crippen molar-refractivity contribution in [3.63, 3.8) is 0 Å². The van der Waals surface area contributed by atoms with Crippen LogP contribution in [0.25, 0.3) is 45.0 Å². The lowest BCUT2D eigenvalue weighted by Crippen LogP contribution is -2.01. The lowest BCUT2D eigenvalue weighted by atomic mass is 10.1. The van der Waals surface area contributed by atoms with Gasteiger partial charge in [0.25, 0.3) is 0 Å². The topological polar surface area (TPSA) is 104 Å². The highest BCUT2D eigenvalue weighted by Crippen LogP contribution is 2.38. The van der Waals surface area contributed by atoms with E-state index in [9.17, 15) is 9.90 Å². The van der Waals surface area contributed by atoms with Crippen LogP contribution >= 0.6 is 0 Å². The van der Waals surface area contributed by atoms with Gasteiger partial charge in [-0.2, -0.15) is 0 Å². The van der Waals surface area contributed by atoms with Gasteiger partial charge in [0, 0.05) is 34.3 Å². The third-order valence-corrected chi connectivity index (χ3v) is 5.19. The zero-order valence-corrected chi connectivity index (χ0v) is 16.9. The summed E-state index contributed by atoms with van der Waals surface area (Å²) in [6, 6.07) is 16.5. The molecule has 7 nitrogen and oxygen atoms in total. The number of benzene rings is 2. The number of aromatic amines is 2. The van der Waals surface area contributed by atoms with Crippen LogP contribution in [0.4, 0.5) is 0 Å². The maximum absolute atomic E-state index is 12.2. The number of ether oxygens (including phenoxy) is 1. The number of hydrogen-bond acceptors (Lipinski definition) is 5. The van der Waals surface area contributed by atoms with Gasteiger partial charge in [-0.3, -0.25) is 4.79 Å². The predicted octanol–water partition coefficient (Wildman–Crippen LogP) is 4.87. The maximum Gasteiger partial charge on any atom is 0.227 e. The molecule has 0 aliphatic heterocycles. The first-order chi connectivity index (χ1) is 15.0. The van der Waals surface area contributed by atoms with Crippen LogP contribution < -0.4 is 10.2 Å². The minimum Gasteiger partial charge on any atom is -0.501 e. The van der Waals surface area contributed by atoms with E-state index in [-0.39, 0.29) is 5.76 Å². The number of rotatable bonds is 4. The zero-order chi connectivity index (χ0) is 21.5. The summed E-state index contributed by atoms with van der Waals surface area (Å²) in [5, 5.41) is 11.5. The van der Waals surface area contributed by atoms with Crippen molar-refractivity contribution in [1.82, 2.24) is 15.0 Å². The molecule has 0 amide bonds. The summed E-state index contributed by atoms with van der Waals surface area (Å²) in [4.78, 5) is 23.5. The standard InChI is InChI=1S/C24H19N3O4/c1-13-12-19(28)22(29)23(31-13)21-20(14-6-8-15(30-2)9-7-14)26-24(27-21)17-4-3-5-18-16(17)10-11-25-18/h3-12,25,29H,1-2H3,(H,26,27). The van der Waals surface area contributed by atoms with Gasteiger partial charge in [-0.05, 0) is 43.3 Å². The molecular weight excluding hydrogens is 394 g/mol. The molecule has 31 heavy (non-hydrogen) atoms. The second-order valence-electron chi connectivity index (χ2n) is 7.18. The van der Waals surface area contributed by atoms with Gasteiger partial charge in [-0.1, -0.05) is 12.1 Å². The molecule has 0 radical (unpaired) electrons. The van der Waals surface area contributed by atoms with E-state index in [2.05, 4.69) is 9.97 Å². The minimum atomic E-state index is -0.511. The minimum absolute atomic E-state index is 0.0517. The number of fused-ring (bicyclic) bond motifs is 1. The number of hydrogen-bond donors (Lipinski definition) is 3. The Morgan fingerprint density at radius 3 is 2.68 bits per heavy atom. The van der Waals surface area contributed by atoms with Crippen LogP contribution in [0.1, 0.15) is 5.76 Å². The summed E-state index contributed by atoms with van der Waals surface area (Å²) < 4.78 is 11.0. The van der Waals surface area contributed by atoms with E-state index in [0.29, 0.717) is 28.7 Å². The van der Waals surface area contributed by atoms with Crippen molar-refractivity contribution >= 4 is 10.9 Å². The van der Waals surface area contributed by atoms with Crippen LogP contribution in [0.3, 0.4) is 0 Å². The van der Waals surface area contributed by atoms with Crippen molar-refractivity contribution in [2.45, 2.75) is 6.92 Å². The van der Waals surface area contributed by atoms with E-state index in [1.165, 1.54) is 6.07 Å². The molecule has 3 aromatic heterocycles. The fraction of sp³-hybridized carbons (Fsp3) is 0.0833. The van der Waals surface area contributed by atoms with Crippen LogP contribution in [0.15, 0.2) is 70.0 Å². The molecule has 0 bridgehead atoms. The maximum atomic E-state index is 12.2. The third kappa shape index (κ3) is 3.16. The normalized spacial score (nSPS) is 11.2. The highest BCUT2D eigenvalue weighted by molar-refractivity contribution is 5.94. The van der Waals surface area contributed by atoms with Gasteiger partial charge in [0.15, 0.2) is 5.76 Å². The molecule has 0 spiro atoms. The van der Waals surface area contributed by atoms with Gasteiger partial charge in [0.2, 0.25) is 11.2 Å². The smallest absolute Gasteiger partial charge is 0.227 e. The van der Waals surface area contributed by atoms with Gasteiger partial charge < -0.3 is 24.2 Å². The van der Waals surface area contributed by atoms with E-state index in [0.717, 1.165) is 22.0 Å². The fourth-order valence-electron chi connectivity index (χ4n) is 3.69. The first-order valence-corrected chi connectivity index (χ1v) is 9.70. The summed E-state index contributed by atoms with van der Waals surface area (Å²) in [5.74, 6) is 1.28. The first-order valence-electron chi connectivity index (χ1n) is 9.70. The number of aromatic nitrogens is 3. The second-order valence-corrected chi connectivity index (χ2v) is 7.18. The third-order valence-electron chi connectivity index (χ3n) is 5.19. The Kier molecular flexibility index (Phi) is 4.36. The van der Waals surface area contributed by atoms with Crippen LogP contribution in [0.5, 0.6) is 11.5 Å². The molecule has 0 aliphatic rings. The average molecular weight is 413 g/mol. The molecule has 0 saturated heterocycles. The van der Waals surface area contributed by atoms with E-state index in [1.807, 2.05) is 54.7 Å². The largest absolute Gasteiger partial charge is 0.501 e. The average Bonchev–Trinajstić information content (AvgIpc) is 3.43. The fourth-order valence-corrected chi connectivity index (χ4v) is 3.69. The number of nitrogens with one attached hydrogen (secondary N) is 2. The Morgan fingerprint density at radius 2 is 1.90 bits per heavy atom. The van der Waals surface area contributed by atoms with Crippen molar-refractivity contribution in [3.8, 4) is 45.6 Å². The lowest BCUT2D eigenvalue weighted by Gasteiger charge is -2.06. The molecular formula is C24H19N3O4. The molecule has 2 aromatic carbocycles. The monoisotopic (exact) mass is 413 g/mol. The van der Waals surface area contributed by atoms with Gasteiger partial charge in [-0.25, -0.2) is 4.98 Å². The molecule has 0 fully saturated rings. The van der Waals surface area contributed by atoms with E-state index in [4.69, 9.17) is 14.1 Å².